The van der Waals surface area contributed by atoms with E-state index >= 15 is 0 Å². The number of carbonyl (C=O) groups is 3. The fourth-order valence-electron chi connectivity index (χ4n) is 5.13. The van der Waals surface area contributed by atoms with Crippen molar-refractivity contribution in [1.29, 1.82) is 5.26 Å². The lowest BCUT2D eigenvalue weighted by Gasteiger charge is -2.20. The average molecular weight is 628 g/mol. The zero-order valence-corrected chi connectivity index (χ0v) is 27.5. The molecule has 3 amide bonds. The molecule has 2 atom stereocenters. The second-order valence-corrected chi connectivity index (χ2v) is 12.0. The Kier molecular flexibility index (Phi) is 13.9. The molecule has 0 aromatic heterocycles. The summed E-state index contributed by atoms with van der Waals surface area (Å²) in [6, 6.07) is 22.4. The Morgan fingerprint density at radius 1 is 0.978 bits per heavy atom. The van der Waals surface area contributed by atoms with Gasteiger partial charge in [0.25, 0.3) is 11.8 Å². The van der Waals surface area contributed by atoms with Crippen molar-refractivity contribution in [2.75, 3.05) is 32.7 Å². The predicted octanol–water partition coefficient (Wildman–Crippen LogP) is 5.58. The van der Waals surface area contributed by atoms with Gasteiger partial charge < -0.3 is 20.9 Å². The van der Waals surface area contributed by atoms with Gasteiger partial charge in [-0.05, 0) is 67.5 Å². The van der Waals surface area contributed by atoms with Crippen molar-refractivity contribution in [2.45, 2.75) is 59.7 Å². The third kappa shape index (κ3) is 10.2. The quantitative estimate of drug-likeness (QED) is 0.240. The third-order valence-corrected chi connectivity index (χ3v) is 7.81. The van der Waals surface area contributed by atoms with E-state index in [1.54, 1.807) is 43.3 Å². The minimum absolute atomic E-state index is 0.0217. The molecule has 0 spiro atoms. The number of nitriles is 1. The van der Waals surface area contributed by atoms with Crippen molar-refractivity contribution in [3.05, 3.63) is 94.5 Å². The number of likely N-dealkylation sites (tertiary alicyclic amines) is 1. The standard InChI is InChI=1S/C30H38FN5O3.C7H8/c1-5-27(29(38)35-17-19(2)3)33-11-12-34-28(37)25-14-22(24-9-7-6-8-21(24)16-32)15-26(20(25)4)30(39)36-13-10-23(31)18-36;1-7-5-3-2-4-6-7/h6-9,14-15,19,23,27,33H,5,10-13,17-18H2,1-4H3,(H,34,37)(H,35,38);2-6H,1H3. The topological polar surface area (TPSA) is 114 Å². The highest BCUT2D eigenvalue weighted by molar-refractivity contribution is 6.04. The first-order chi connectivity index (χ1) is 22.0. The summed E-state index contributed by atoms with van der Waals surface area (Å²) in [5, 5.41) is 18.6. The average Bonchev–Trinajstić information content (AvgIpc) is 3.50. The lowest BCUT2D eigenvalue weighted by molar-refractivity contribution is -0.123. The van der Waals surface area contributed by atoms with Crippen LogP contribution in [0.1, 0.15) is 71.0 Å². The van der Waals surface area contributed by atoms with E-state index in [0.29, 0.717) is 65.4 Å². The summed E-state index contributed by atoms with van der Waals surface area (Å²) in [5.41, 5.74) is 4.02. The molecule has 0 aliphatic carbocycles. The van der Waals surface area contributed by atoms with Crippen LogP contribution in [0.2, 0.25) is 0 Å². The molecule has 4 rings (SSSR count). The molecule has 0 radical (unpaired) electrons. The van der Waals surface area contributed by atoms with Crippen molar-refractivity contribution >= 4 is 17.7 Å². The number of nitrogens with one attached hydrogen (secondary N) is 3. The fourth-order valence-corrected chi connectivity index (χ4v) is 5.13. The SMILES string of the molecule is CCC(NCCNC(=O)c1cc(-c2ccccc2C#N)cc(C(=O)N2CCC(F)C2)c1C)C(=O)NCC(C)C.Cc1ccccc1. The van der Waals surface area contributed by atoms with Gasteiger partial charge in [-0.3, -0.25) is 14.4 Å². The molecule has 1 fully saturated rings. The highest BCUT2D eigenvalue weighted by Gasteiger charge is 2.29. The molecule has 0 bridgehead atoms. The molecular formula is C37H46FN5O3. The summed E-state index contributed by atoms with van der Waals surface area (Å²) >= 11 is 0. The van der Waals surface area contributed by atoms with Crippen molar-refractivity contribution < 1.29 is 18.8 Å². The maximum Gasteiger partial charge on any atom is 0.254 e. The molecule has 9 heteroatoms. The van der Waals surface area contributed by atoms with Gasteiger partial charge in [-0.25, -0.2) is 4.39 Å². The van der Waals surface area contributed by atoms with E-state index in [1.165, 1.54) is 10.5 Å². The Morgan fingerprint density at radius 2 is 1.65 bits per heavy atom. The number of nitrogens with zero attached hydrogens (tertiary/aromatic N) is 2. The first kappa shape index (κ1) is 35.9. The molecule has 3 N–H and O–H groups in total. The van der Waals surface area contributed by atoms with Crippen molar-refractivity contribution in [2.24, 2.45) is 5.92 Å². The van der Waals surface area contributed by atoms with Crippen LogP contribution in [0.15, 0.2) is 66.7 Å². The molecule has 244 valence electrons. The van der Waals surface area contributed by atoms with Crippen LogP contribution in [-0.2, 0) is 4.79 Å². The van der Waals surface area contributed by atoms with Crippen LogP contribution >= 0.6 is 0 Å². The van der Waals surface area contributed by atoms with Gasteiger partial charge in [0.1, 0.15) is 6.17 Å². The van der Waals surface area contributed by atoms with E-state index < -0.39 is 6.17 Å². The van der Waals surface area contributed by atoms with Gasteiger partial charge in [-0.1, -0.05) is 74.9 Å². The van der Waals surface area contributed by atoms with Crippen LogP contribution in [0.25, 0.3) is 11.1 Å². The molecule has 0 saturated carbocycles. The van der Waals surface area contributed by atoms with Crippen molar-refractivity contribution in [3.8, 4) is 17.2 Å². The summed E-state index contributed by atoms with van der Waals surface area (Å²) in [6.07, 6.45) is -0.165. The molecule has 8 nitrogen and oxygen atoms in total. The maximum atomic E-state index is 13.9. The number of hydrogen-bond acceptors (Lipinski definition) is 5. The van der Waals surface area contributed by atoms with Crippen LogP contribution in [0.4, 0.5) is 4.39 Å². The Balaban J connectivity index is 0.000000724. The number of halogens is 1. The summed E-state index contributed by atoms with van der Waals surface area (Å²) in [6.45, 7) is 11.4. The number of aryl methyl sites for hydroxylation is 1. The Hall–Kier alpha value is -4.55. The van der Waals surface area contributed by atoms with Gasteiger partial charge in [0.05, 0.1) is 24.2 Å². The smallest absolute Gasteiger partial charge is 0.254 e. The zero-order chi connectivity index (χ0) is 33.6. The molecule has 1 heterocycles. The molecule has 3 aromatic carbocycles. The number of carbonyl (C=O) groups excluding carboxylic acids is 3. The van der Waals surface area contributed by atoms with Gasteiger partial charge >= 0.3 is 0 Å². The molecule has 1 saturated heterocycles. The Morgan fingerprint density at radius 3 is 2.24 bits per heavy atom. The normalized spacial score (nSPS) is 14.6. The molecular weight excluding hydrogens is 581 g/mol. The second-order valence-electron chi connectivity index (χ2n) is 12.0. The van der Waals surface area contributed by atoms with Crippen LogP contribution in [0.3, 0.4) is 0 Å². The molecule has 1 aliphatic rings. The zero-order valence-electron chi connectivity index (χ0n) is 27.5. The predicted molar refractivity (Wildman–Crippen MR) is 180 cm³/mol. The van der Waals surface area contributed by atoms with E-state index in [2.05, 4.69) is 41.1 Å². The monoisotopic (exact) mass is 627 g/mol. The van der Waals surface area contributed by atoms with E-state index in [0.717, 1.165) is 0 Å². The van der Waals surface area contributed by atoms with Gasteiger partial charge in [0.2, 0.25) is 5.91 Å². The van der Waals surface area contributed by atoms with Gasteiger partial charge in [-0.15, -0.1) is 0 Å². The molecule has 46 heavy (non-hydrogen) atoms. The number of amides is 3. The minimum atomic E-state index is -1.06. The van der Waals surface area contributed by atoms with E-state index in [-0.39, 0.29) is 43.3 Å². The number of hydrogen-bond donors (Lipinski definition) is 3. The Bertz CT molecular complexity index is 1520. The highest BCUT2D eigenvalue weighted by atomic mass is 19.1. The summed E-state index contributed by atoms with van der Waals surface area (Å²) in [5.74, 6) is -0.428. The third-order valence-electron chi connectivity index (χ3n) is 7.81. The van der Waals surface area contributed by atoms with Crippen LogP contribution in [0, 0.1) is 31.1 Å². The first-order valence-corrected chi connectivity index (χ1v) is 15.9. The largest absolute Gasteiger partial charge is 0.354 e. The van der Waals surface area contributed by atoms with Gasteiger partial charge in [-0.2, -0.15) is 5.26 Å². The van der Waals surface area contributed by atoms with Gasteiger partial charge in [0.15, 0.2) is 0 Å². The lowest BCUT2D eigenvalue weighted by Crippen LogP contribution is -2.47. The number of alkyl halides is 1. The van der Waals surface area contributed by atoms with E-state index in [4.69, 9.17) is 0 Å². The molecule has 3 aromatic rings. The summed E-state index contributed by atoms with van der Waals surface area (Å²) in [4.78, 5) is 40.5. The minimum Gasteiger partial charge on any atom is -0.354 e. The van der Waals surface area contributed by atoms with Crippen LogP contribution in [-0.4, -0.2) is 67.6 Å². The molecule has 1 aliphatic heterocycles. The highest BCUT2D eigenvalue weighted by Crippen LogP contribution is 2.30. The first-order valence-electron chi connectivity index (χ1n) is 15.9. The van der Waals surface area contributed by atoms with Crippen molar-refractivity contribution in [3.63, 3.8) is 0 Å². The van der Waals surface area contributed by atoms with Gasteiger partial charge in [0, 0.05) is 37.3 Å². The van der Waals surface area contributed by atoms with Crippen molar-refractivity contribution in [1.82, 2.24) is 20.9 Å². The second kappa shape index (κ2) is 17.8. The summed E-state index contributed by atoms with van der Waals surface area (Å²) in [7, 11) is 0. The Labute approximate surface area is 272 Å². The number of benzene rings is 3. The van der Waals surface area contributed by atoms with Crippen LogP contribution in [0.5, 0.6) is 0 Å². The van der Waals surface area contributed by atoms with E-state index in [9.17, 15) is 24.0 Å². The number of rotatable bonds is 11. The summed E-state index contributed by atoms with van der Waals surface area (Å²) < 4.78 is 13.9. The lowest BCUT2D eigenvalue weighted by atomic mass is 9.92. The fraction of sp³-hybridized carbons (Fsp3) is 0.405. The van der Waals surface area contributed by atoms with E-state index in [1.807, 2.05) is 39.0 Å². The van der Waals surface area contributed by atoms with Crippen LogP contribution < -0.4 is 16.0 Å². The molecule has 2 unspecified atom stereocenters. The maximum absolute atomic E-state index is 13.9.